The van der Waals surface area contributed by atoms with Crippen molar-refractivity contribution in [2.24, 2.45) is 29.2 Å². The third kappa shape index (κ3) is 17.6. The predicted octanol–water partition coefficient (Wildman–Crippen LogP) is 3.02. The van der Waals surface area contributed by atoms with Gasteiger partial charge in [-0.25, -0.2) is 4.79 Å². The number of phenols is 3. The van der Waals surface area contributed by atoms with Gasteiger partial charge >= 0.3 is 5.97 Å². The number of hydrogen-bond acceptors (Lipinski definition) is 27. The Kier molecular flexibility index (Phi) is 24.9. The molecular weight excluding hydrogens is 1450 g/mol. The number of phenolic OH excluding ortho intramolecular Hbond substituents is 3. The summed E-state index contributed by atoms with van der Waals surface area (Å²) in [6, 6.07) is 8.83. The lowest BCUT2D eigenvalue weighted by Crippen LogP contribution is -2.65. The normalized spacial score (nSPS) is 32.2. The molecule has 5 amide bonds. The van der Waals surface area contributed by atoms with Crippen molar-refractivity contribution in [3.05, 3.63) is 118 Å². The predicted molar refractivity (Wildman–Crippen MR) is 389 cm³/mol. The molecule has 5 aromatic rings. The standard InChI is InChI=1S/C78H97N7O26/c1-10-36(19-32(2)3)71(98)84-61-49(90)22-41(25-55(79)92)72(99)82-59-40-23-52(106-43-15-11-37(12-16-43)63(61)93)67(111-76-68(65(95)64(94)54(31-86)108-76)110-57-30-78(8,81-9)70(97)35(6)105-57)53(24-40)107-51-18-14-39(20-33(51)4)66(109-56-29-77(7,80)69(96)34(5)104-56)62-74(101)83-60(75(102)103)46-26-42(87)27-48(89)58(46)45-21-38(13-17-47(45)88)44(28-50(59)91)73(100)85-62/h11-18,20-21,23-24,26-27,32,34-36,41,44,54,56-57,59-66,68-70,76,81,86-89,93-97H,10,19,22,25,28-31,80H2,1-9H3,(H2,79,92)(H,82,99)(H,83,101)(H,84,98)(H,85,100)(H,102,103)/t34?,35?,36?,41?,44?,54?,56?,57?,59?,60-,61?,62+,63?,64?,65?,66?,68?,69?,70?,76?,77?,78?/m1/s1. The van der Waals surface area contributed by atoms with Crippen LogP contribution < -0.4 is 52.3 Å². The van der Waals surface area contributed by atoms with Gasteiger partial charge in [0.05, 0.1) is 42.9 Å². The monoisotopic (exact) mass is 1550 g/mol. The summed E-state index contributed by atoms with van der Waals surface area (Å²) in [5.41, 5.74) is 8.36. The number of rotatable bonds is 16. The summed E-state index contributed by atoms with van der Waals surface area (Å²) in [6.45, 7) is 12.5. The number of aliphatic hydroxyl groups excluding tert-OH is 6. The van der Waals surface area contributed by atoms with Crippen molar-refractivity contribution in [1.82, 2.24) is 26.6 Å². The summed E-state index contributed by atoms with van der Waals surface area (Å²) >= 11 is 0. The first-order valence-electron chi connectivity index (χ1n) is 36.8. The van der Waals surface area contributed by atoms with Gasteiger partial charge in [-0.05, 0) is 143 Å². The number of nitrogens with two attached hydrogens (primary N) is 2. The number of hydrogen-bond donors (Lipinski definition) is 17. The number of likely N-dealkylation sites (N-methyl/N-ethyl adjacent to an activating group) is 1. The van der Waals surface area contributed by atoms with Crippen LogP contribution in [-0.2, 0) is 62.0 Å². The third-order valence-electron chi connectivity index (χ3n) is 21.7. The molecule has 19 N–H and O–H groups in total. The Morgan fingerprint density at radius 2 is 1.37 bits per heavy atom. The molecule has 11 bridgehead atoms. The van der Waals surface area contributed by atoms with E-state index in [0.29, 0.717) is 12.8 Å². The van der Waals surface area contributed by atoms with Crippen LogP contribution in [0.1, 0.15) is 157 Å². The van der Waals surface area contributed by atoms with Crippen LogP contribution in [0.25, 0.3) is 11.1 Å². The molecule has 22 atom stereocenters. The van der Waals surface area contributed by atoms with Crippen LogP contribution in [0, 0.1) is 24.7 Å². The van der Waals surface area contributed by atoms with Crippen molar-refractivity contribution in [3.8, 4) is 57.1 Å². The number of ether oxygens (including phenoxy) is 8. The molecule has 20 unspecified atom stereocenters. The summed E-state index contributed by atoms with van der Waals surface area (Å²) in [5, 5.41) is 129. The maximum Gasteiger partial charge on any atom is 0.330 e. The van der Waals surface area contributed by atoms with Gasteiger partial charge in [0.1, 0.15) is 77.4 Å². The molecule has 33 heteroatoms. The van der Waals surface area contributed by atoms with Crippen LogP contribution in [0.15, 0.2) is 84.9 Å². The molecule has 8 aliphatic rings. The minimum absolute atomic E-state index is 0.000182. The molecule has 0 spiro atoms. The van der Waals surface area contributed by atoms with Gasteiger partial charge in [0.25, 0.3) is 0 Å². The van der Waals surface area contributed by atoms with Crippen LogP contribution in [0.4, 0.5) is 0 Å². The van der Waals surface area contributed by atoms with E-state index in [0.717, 1.165) is 24.3 Å². The first kappa shape index (κ1) is 82.5. The molecule has 0 aliphatic carbocycles. The van der Waals surface area contributed by atoms with Gasteiger partial charge in [-0.15, -0.1) is 0 Å². The quantitative estimate of drug-likeness (QED) is 0.0675. The van der Waals surface area contributed by atoms with Crippen LogP contribution in [-0.4, -0.2) is 203 Å². The molecule has 600 valence electrons. The van der Waals surface area contributed by atoms with Crippen molar-refractivity contribution < 1.29 is 127 Å². The van der Waals surface area contributed by atoms with E-state index in [2.05, 4.69) is 26.6 Å². The molecule has 33 nitrogen and oxygen atoms in total. The molecule has 0 saturated carbocycles. The maximum atomic E-state index is 16.5. The number of primary amides is 1. The van der Waals surface area contributed by atoms with Crippen molar-refractivity contribution in [3.63, 3.8) is 0 Å². The van der Waals surface area contributed by atoms with Crippen LogP contribution in [0.3, 0.4) is 0 Å². The average Bonchev–Trinajstić information content (AvgIpc) is 0.769. The Hall–Kier alpha value is -9.46. The summed E-state index contributed by atoms with van der Waals surface area (Å²) < 4.78 is 52.6. The van der Waals surface area contributed by atoms with Crippen molar-refractivity contribution in [2.45, 2.75) is 221 Å². The van der Waals surface area contributed by atoms with Crippen molar-refractivity contribution in [1.29, 1.82) is 0 Å². The summed E-state index contributed by atoms with van der Waals surface area (Å²) in [5.74, 6) is -17.6. The van der Waals surface area contributed by atoms with Gasteiger partial charge in [-0.2, -0.15) is 0 Å². The highest BCUT2D eigenvalue weighted by Crippen LogP contribution is 2.50. The second kappa shape index (κ2) is 33.5. The lowest BCUT2D eigenvalue weighted by Gasteiger charge is -2.48. The lowest BCUT2D eigenvalue weighted by atomic mass is 9.84. The number of carboxylic acid groups (broad SMARTS) is 1. The number of Topliss-reactive ketones (excluding diaryl/α,β-unsaturated/α-hetero) is 2. The molecule has 3 fully saturated rings. The number of carboxylic acids is 1. The van der Waals surface area contributed by atoms with E-state index in [9.17, 15) is 65.4 Å². The van der Waals surface area contributed by atoms with Gasteiger partial charge in [-0.3, -0.25) is 33.6 Å². The number of aromatic hydroxyl groups is 3. The molecule has 8 heterocycles. The SMILES string of the molecule is CCC(CC(C)C)C(=O)NC1C(=O)CC(CC(N)=O)C(=O)NC2C(=O)CC3C(=O)N[C@H](C(=O)N[C@@H](C(=O)O)c4cc(O)cc(O)c4-c4cc3ccc4O)C(OC3CC(C)(N)C(O)C(C)O3)c3ccc(c(C)c3)Oc3cc2cc(c3OC2OC(CO)C(O)C(O)C2OC2CC(C)(NC)C(O)C(C)O2)Oc2ccc(cc2)C1O. The summed E-state index contributed by atoms with van der Waals surface area (Å²) in [4.78, 5) is 120. The zero-order valence-corrected chi connectivity index (χ0v) is 62.5. The van der Waals surface area contributed by atoms with E-state index in [1.54, 1.807) is 27.8 Å². The highest BCUT2D eigenvalue weighted by atomic mass is 16.8. The van der Waals surface area contributed by atoms with E-state index in [1.165, 1.54) is 81.4 Å². The molecule has 8 aliphatic heterocycles. The smallest absolute Gasteiger partial charge is 0.330 e. The second-order valence-corrected chi connectivity index (χ2v) is 30.5. The number of carbonyl (C=O) groups excluding carboxylic acids is 7. The zero-order valence-electron chi connectivity index (χ0n) is 62.5. The van der Waals surface area contributed by atoms with E-state index in [-0.39, 0.29) is 58.1 Å². The number of fused-ring (bicyclic) bond motifs is 15. The van der Waals surface area contributed by atoms with Gasteiger partial charge in [0.15, 0.2) is 47.8 Å². The Labute approximate surface area is 638 Å². The Balaban J connectivity index is 1.18. The van der Waals surface area contributed by atoms with E-state index in [4.69, 9.17) is 49.4 Å². The molecule has 0 aromatic heterocycles. The molecule has 111 heavy (non-hydrogen) atoms. The minimum atomic E-state index is -2.23. The number of amides is 5. The fourth-order valence-corrected chi connectivity index (χ4v) is 15.4. The fourth-order valence-electron chi connectivity index (χ4n) is 15.4. The number of benzene rings is 5. The van der Waals surface area contributed by atoms with Gasteiger partial charge in [0, 0.05) is 71.9 Å². The van der Waals surface area contributed by atoms with Gasteiger partial charge in [0.2, 0.25) is 41.6 Å². The Morgan fingerprint density at radius 1 is 0.712 bits per heavy atom. The van der Waals surface area contributed by atoms with Crippen molar-refractivity contribution in [2.75, 3.05) is 13.7 Å². The average molecular weight is 1550 g/mol. The van der Waals surface area contributed by atoms with E-state index >= 15 is 24.0 Å². The number of nitrogens with one attached hydrogen (secondary N) is 5. The van der Waals surface area contributed by atoms with Crippen LogP contribution >= 0.6 is 0 Å². The molecule has 13 rings (SSSR count). The fraction of sp³-hybridized carbons (Fsp3) is 0.513. The molecule has 0 radical (unpaired) electrons. The molecule has 3 saturated heterocycles. The van der Waals surface area contributed by atoms with Crippen molar-refractivity contribution >= 4 is 47.1 Å². The third-order valence-corrected chi connectivity index (χ3v) is 21.7. The highest BCUT2D eigenvalue weighted by molar-refractivity contribution is 6.01. The van der Waals surface area contributed by atoms with Crippen LogP contribution in [0.5, 0.6) is 46.0 Å². The Morgan fingerprint density at radius 3 is 2.00 bits per heavy atom. The number of carbonyl (C=O) groups is 8. The van der Waals surface area contributed by atoms with Gasteiger partial charge < -0.3 is 127 Å². The topological polar surface area (TPSA) is 525 Å². The zero-order chi connectivity index (χ0) is 80.7. The van der Waals surface area contributed by atoms with Gasteiger partial charge in [-0.1, -0.05) is 45.0 Å². The highest BCUT2D eigenvalue weighted by Gasteiger charge is 2.53. The Bertz CT molecular complexity index is 4350. The number of aliphatic carboxylic acids is 1. The largest absolute Gasteiger partial charge is 0.508 e. The number of aliphatic hydroxyl groups is 6. The first-order chi connectivity index (χ1) is 52.4. The minimum Gasteiger partial charge on any atom is -0.508 e. The maximum absolute atomic E-state index is 16.5. The summed E-state index contributed by atoms with van der Waals surface area (Å²) in [7, 11) is 1.61. The van der Waals surface area contributed by atoms with E-state index in [1.807, 2.05) is 13.8 Å². The second-order valence-electron chi connectivity index (χ2n) is 30.5. The van der Waals surface area contributed by atoms with E-state index < -0.39 is 257 Å². The number of aryl methyl sites for hydroxylation is 1. The van der Waals surface area contributed by atoms with Crippen LogP contribution in [0.2, 0.25) is 0 Å². The number of ketones is 2. The summed E-state index contributed by atoms with van der Waals surface area (Å²) in [6.07, 6.45) is -22.6. The molecular formula is C78H97N7O26. The first-order valence-corrected chi connectivity index (χ1v) is 36.8. The molecule has 5 aromatic carbocycles. The lowest BCUT2D eigenvalue weighted by molar-refractivity contribution is -0.334.